The van der Waals surface area contributed by atoms with Crippen LogP contribution in [0.2, 0.25) is 0 Å². The van der Waals surface area contributed by atoms with Gasteiger partial charge in [-0.1, -0.05) is 12.1 Å². The van der Waals surface area contributed by atoms with E-state index >= 15 is 0 Å². The van der Waals surface area contributed by atoms with Crippen LogP contribution in [0.1, 0.15) is 22.2 Å². The topological polar surface area (TPSA) is 66.8 Å². The number of ether oxygens (including phenoxy) is 1. The average Bonchev–Trinajstić information content (AvgIpc) is 2.17. The number of hydrogen-bond donors (Lipinski definition) is 2. The summed E-state index contributed by atoms with van der Waals surface area (Å²) in [6.07, 6.45) is -1.57. The fourth-order valence-electron chi connectivity index (χ4n) is 0.944. The maximum Gasteiger partial charge on any atom is 0.337 e. The monoisotopic (exact) mass is 182 g/mol. The van der Waals surface area contributed by atoms with Crippen LogP contribution in [0.5, 0.6) is 0 Å². The SMILES string of the molecule is COC(=O)c1cccc(C(O)O)c1. The molecule has 0 saturated carbocycles. The average molecular weight is 182 g/mol. The van der Waals surface area contributed by atoms with Gasteiger partial charge < -0.3 is 14.9 Å². The normalized spacial score (nSPS) is 10.2. The molecule has 0 bridgehead atoms. The number of methoxy groups -OCH3 is 1. The molecule has 1 aromatic carbocycles. The molecule has 2 N–H and O–H groups in total. The molecule has 0 aliphatic heterocycles. The van der Waals surface area contributed by atoms with E-state index in [2.05, 4.69) is 4.74 Å². The van der Waals surface area contributed by atoms with Crippen LogP contribution in [0.15, 0.2) is 24.3 Å². The molecule has 0 amide bonds. The summed E-state index contributed by atoms with van der Waals surface area (Å²) < 4.78 is 4.47. The number of aliphatic hydroxyl groups excluding tert-OH is 1. The van der Waals surface area contributed by atoms with Crippen LogP contribution < -0.4 is 0 Å². The van der Waals surface area contributed by atoms with Crippen LogP contribution in [0, 0.1) is 0 Å². The third kappa shape index (κ3) is 2.27. The number of carbonyl (C=O) groups is 1. The molecule has 0 aromatic heterocycles. The van der Waals surface area contributed by atoms with Crippen LogP contribution in [0.4, 0.5) is 0 Å². The van der Waals surface area contributed by atoms with E-state index in [-0.39, 0.29) is 5.56 Å². The van der Waals surface area contributed by atoms with Crippen LogP contribution in [0.25, 0.3) is 0 Å². The third-order valence-corrected chi connectivity index (χ3v) is 1.61. The van der Waals surface area contributed by atoms with Crippen molar-refractivity contribution in [3.8, 4) is 0 Å². The molecule has 0 aliphatic carbocycles. The Morgan fingerprint density at radius 1 is 1.46 bits per heavy atom. The maximum absolute atomic E-state index is 11.0. The molecule has 70 valence electrons. The third-order valence-electron chi connectivity index (χ3n) is 1.61. The first kappa shape index (κ1) is 9.70. The molecule has 4 heteroatoms. The van der Waals surface area contributed by atoms with Gasteiger partial charge in [0.15, 0.2) is 6.29 Å². The minimum atomic E-state index is -1.57. The summed E-state index contributed by atoms with van der Waals surface area (Å²) >= 11 is 0. The second-order valence-electron chi connectivity index (χ2n) is 2.49. The standard InChI is InChI=1S/C9H10O4/c1-13-9(12)7-4-2-3-6(5-7)8(10)11/h2-5,8,10-11H,1H3. The first-order chi connectivity index (χ1) is 6.15. The van der Waals surface area contributed by atoms with Gasteiger partial charge in [0.25, 0.3) is 0 Å². The summed E-state index contributed by atoms with van der Waals surface area (Å²) in [5, 5.41) is 17.6. The predicted molar refractivity (Wildman–Crippen MR) is 45.0 cm³/mol. The Hall–Kier alpha value is -1.39. The van der Waals surface area contributed by atoms with Gasteiger partial charge >= 0.3 is 5.97 Å². The predicted octanol–water partition coefficient (Wildman–Crippen LogP) is 0.456. The van der Waals surface area contributed by atoms with Gasteiger partial charge in [-0.15, -0.1) is 0 Å². The van der Waals surface area contributed by atoms with Crippen LogP contribution >= 0.6 is 0 Å². The molecule has 0 aliphatic rings. The Balaban J connectivity index is 2.98. The van der Waals surface area contributed by atoms with Gasteiger partial charge in [-0.2, -0.15) is 0 Å². The quantitative estimate of drug-likeness (QED) is 0.515. The van der Waals surface area contributed by atoms with Crippen molar-refractivity contribution in [2.75, 3.05) is 7.11 Å². The lowest BCUT2D eigenvalue weighted by molar-refractivity contribution is -0.0425. The Labute approximate surface area is 75.4 Å². The lowest BCUT2D eigenvalue weighted by Gasteiger charge is -2.04. The van der Waals surface area contributed by atoms with E-state index in [1.54, 1.807) is 6.07 Å². The highest BCUT2D eigenvalue weighted by atomic mass is 16.5. The number of benzene rings is 1. The van der Waals surface area contributed by atoms with Gasteiger partial charge in [0.1, 0.15) is 0 Å². The first-order valence-corrected chi connectivity index (χ1v) is 3.69. The number of esters is 1. The minimum absolute atomic E-state index is 0.267. The highest BCUT2D eigenvalue weighted by Crippen LogP contribution is 2.12. The minimum Gasteiger partial charge on any atom is -0.465 e. The second-order valence-corrected chi connectivity index (χ2v) is 2.49. The van der Waals surface area contributed by atoms with Crippen molar-refractivity contribution in [3.05, 3.63) is 35.4 Å². The Bertz CT molecular complexity index is 306. The molecular weight excluding hydrogens is 172 g/mol. The van der Waals surface area contributed by atoms with Crippen LogP contribution in [0.3, 0.4) is 0 Å². The molecule has 4 nitrogen and oxygen atoms in total. The summed E-state index contributed by atoms with van der Waals surface area (Å²) in [6.45, 7) is 0. The summed E-state index contributed by atoms with van der Waals surface area (Å²) in [7, 11) is 1.27. The molecule has 13 heavy (non-hydrogen) atoms. The zero-order chi connectivity index (χ0) is 9.84. The molecule has 0 atom stereocenters. The van der Waals surface area contributed by atoms with E-state index in [0.29, 0.717) is 5.56 Å². The first-order valence-electron chi connectivity index (χ1n) is 3.69. The van der Waals surface area contributed by atoms with Gasteiger partial charge in [-0.3, -0.25) is 0 Å². The van der Waals surface area contributed by atoms with E-state index in [1.165, 1.54) is 25.3 Å². The molecule has 0 unspecified atom stereocenters. The molecule has 0 spiro atoms. The van der Waals surface area contributed by atoms with E-state index in [9.17, 15) is 4.79 Å². The molecule has 1 aromatic rings. The summed E-state index contributed by atoms with van der Waals surface area (Å²) in [6, 6.07) is 5.98. The van der Waals surface area contributed by atoms with Crippen LogP contribution in [-0.4, -0.2) is 23.3 Å². The van der Waals surface area contributed by atoms with Crippen molar-refractivity contribution < 1.29 is 19.7 Å². The van der Waals surface area contributed by atoms with Gasteiger partial charge in [-0.05, 0) is 12.1 Å². The van der Waals surface area contributed by atoms with Crippen molar-refractivity contribution in [1.82, 2.24) is 0 Å². The zero-order valence-electron chi connectivity index (χ0n) is 7.10. The molecule has 1 rings (SSSR count). The van der Waals surface area contributed by atoms with E-state index in [0.717, 1.165) is 0 Å². The maximum atomic E-state index is 11.0. The van der Waals surface area contributed by atoms with Crippen molar-refractivity contribution in [1.29, 1.82) is 0 Å². The summed E-state index contributed by atoms with van der Waals surface area (Å²) in [5.41, 5.74) is 0.566. The molecule has 0 heterocycles. The number of carbonyl (C=O) groups excluding carboxylic acids is 1. The fraction of sp³-hybridized carbons (Fsp3) is 0.222. The Morgan fingerprint density at radius 3 is 2.69 bits per heavy atom. The van der Waals surface area contributed by atoms with Gasteiger partial charge in [-0.25, -0.2) is 4.79 Å². The van der Waals surface area contributed by atoms with Gasteiger partial charge in [0.2, 0.25) is 0 Å². The van der Waals surface area contributed by atoms with Crippen molar-refractivity contribution in [2.24, 2.45) is 0 Å². The Kier molecular flexibility index (Phi) is 3.00. The highest BCUT2D eigenvalue weighted by Gasteiger charge is 2.08. The number of aliphatic hydroxyl groups is 2. The molecule has 0 radical (unpaired) electrons. The van der Waals surface area contributed by atoms with Crippen molar-refractivity contribution in [3.63, 3.8) is 0 Å². The molecular formula is C9H10O4. The van der Waals surface area contributed by atoms with Gasteiger partial charge in [0, 0.05) is 5.56 Å². The van der Waals surface area contributed by atoms with Crippen LogP contribution in [-0.2, 0) is 4.74 Å². The van der Waals surface area contributed by atoms with E-state index < -0.39 is 12.3 Å². The lowest BCUT2D eigenvalue weighted by Crippen LogP contribution is -2.03. The number of hydrogen-bond acceptors (Lipinski definition) is 4. The van der Waals surface area contributed by atoms with E-state index in [4.69, 9.17) is 10.2 Å². The second kappa shape index (κ2) is 4.02. The largest absolute Gasteiger partial charge is 0.465 e. The van der Waals surface area contributed by atoms with E-state index in [1.807, 2.05) is 0 Å². The number of rotatable bonds is 2. The van der Waals surface area contributed by atoms with Crippen molar-refractivity contribution >= 4 is 5.97 Å². The zero-order valence-corrected chi connectivity index (χ0v) is 7.10. The summed E-state index contributed by atoms with van der Waals surface area (Å²) in [5.74, 6) is -0.498. The summed E-state index contributed by atoms with van der Waals surface area (Å²) in [4.78, 5) is 11.0. The smallest absolute Gasteiger partial charge is 0.337 e. The van der Waals surface area contributed by atoms with Gasteiger partial charge in [0.05, 0.1) is 12.7 Å². The fourth-order valence-corrected chi connectivity index (χ4v) is 0.944. The molecule has 0 saturated heterocycles. The highest BCUT2D eigenvalue weighted by molar-refractivity contribution is 5.89. The Morgan fingerprint density at radius 2 is 2.15 bits per heavy atom. The lowest BCUT2D eigenvalue weighted by atomic mass is 10.1. The van der Waals surface area contributed by atoms with Crippen molar-refractivity contribution in [2.45, 2.75) is 6.29 Å². The molecule has 0 fully saturated rings.